The summed E-state index contributed by atoms with van der Waals surface area (Å²) in [6.07, 6.45) is 3.43. The first kappa shape index (κ1) is 12.0. The maximum Gasteiger partial charge on any atom is 0.272 e. The molecule has 0 bridgehead atoms. The van der Waals surface area contributed by atoms with Crippen molar-refractivity contribution in [2.75, 3.05) is 13.2 Å². The first-order chi connectivity index (χ1) is 8.26. The van der Waals surface area contributed by atoms with Gasteiger partial charge in [0.15, 0.2) is 0 Å². The molecule has 1 saturated heterocycles. The minimum absolute atomic E-state index is 0.0205. The highest BCUT2D eigenvalue weighted by molar-refractivity contribution is 5.92. The number of hydrogen-bond acceptors (Lipinski definition) is 4. The summed E-state index contributed by atoms with van der Waals surface area (Å²) in [6.45, 7) is 1.14. The van der Waals surface area contributed by atoms with Crippen LogP contribution in [0.1, 0.15) is 28.9 Å². The van der Waals surface area contributed by atoms with Crippen LogP contribution in [0.4, 0.5) is 0 Å². The van der Waals surface area contributed by atoms with Crippen LogP contribution in [0.15, 0.2) is 18.3 Å². The number of hydrogen-bond donors (Lipinski definition) is 2. The summed E-state index contributed by atoms with van der Waals surface area (Å²) in [5.74, 6) is -0.106. The molecule has 5 heteroatoms. The zero-order chi connectivity index (χ0) is 12.3. The van der Waals surface area contributed by atoms with E-state index in [0.29, 0.717) is 18.8 Å². The average Bonchev–Trinajstić information content (AvgIpc) is 2.86. The SMILES string of the molecule is NCc1ccc(C(=O)N2CCCC2CO)nc1. The first-order valence-electron chi connectivity index (χ1n) is 5.83. The Morgan fingerprint density at radius 1 is 1.59 bits per heavy atom. The third kappa shape index (κ3) is 2.45. The lowest BCUT2D eigenvalue weighted by atomic mass is 10.2. The fourth-order valence-corrected chi connectivity index (χ4v) is 2.11. The average molecular weight is 235 g/mol. The number of amides is 1. The zero-order valence-corrected chi connectivity index (χ0v) is 9.67. The van der Waals surface area contributed by atoms with Gasteiger partial charge in [-0.2, -0.15) is 0 Å². The molecule has 17 heavy (non-hydrogen) atoms. The van der Waals surface area contributed by atoms with Crippen LogP contribution in [-0.2, 0) is 6.54 Å². The van der Waals surface area contributed by atoms with E-state index < -0.39 is 0 Å². The van der Waals surface area contributed by atoms with Gasteiger partial charge in [0.25, 0.3) is 5.91 Å². The van der Waals surface area contributed by atoms with Crippen molar-refractivity contribution in [2.45, 2.75) is 25.4 Å². The Bertz CT molecular complexity index is 391. The second-order valence-electron chi connectivity index (χ2n) is 4.23. The molecule has 0 saturated carbocycles. The highest BCUT2D eigenvalue weighted by Gasteiger charge is 2.29. The van der Waals surface area contributed by atoms with Crippen LogP contribution in [0.3, 0.4) is 0 Å². The molecule has 1 amide bonds. The maximum absolute atomic E-state index is 12.1. The molecule has 1 atom stereocenters. The molecular formula is C12H17N3O2. The van der Waals surface area contributed by atoms with Crippen LogP contribution < -0.4 is 5.73 Å². The summed E-state index contributed by atoms with van der Waals surface area (Å²) in [5.41, 5.74) is 6.80. The van der Waals surface area contributed by atoms with Crippen LogP contribution >= 0.6 is 0 Å². The molecule has 3 N–H and O–H groups in total. The molecule has 0 radical (unpaired) electrons. The van der Waals surface area contributed by atoms with Crippen LogP contribution in [0.2, 0.25) is 0 Å². The highest BCUT2D eigenvalue weighted by Crippen LogP contribution is 2.18. The lowest BCUT2D eigenvalue weighted by molar-refractivity contribution is 0.0671. The van der Waals surface area contributed by atoms with E-state index in [0.717, 1.165) is 18.4 Å². The van der Waals surface area contributed by atoms with Crippen molar-refractivity contribution in [2.24, 2.45) is 5.73 Å². The molecule has 1 unspecified atom stereocenters. The number of likely N-dealkylation sites (tertiary alicyclic amines) is 1. The van der Waals surface area contributed by atoms with Gasteiger partial charge in [-0.25, -0.2) is 0 Å². The number of pyridine rings is 1. The number of nitrogens with two attached hydrogens (primary N) is 1. The maximum atomic E-state index is 12.1. The lowest BCUT2D eigenvalue weighted by Gasteiger charge is -2.22. The normalized spacial score (nSPS) is 19.6. The van der Waals surface area contributed by atoms with Gasteiger partial charge >= 0.3 is 0 Å². The first-order valence-corrected chi connectivity index (χ1v) is 5.83. The van der Waals surface area contributed by atoms with Gasteiger partial charge in [-0.15, -0.1) is 0 Å². The van der Waals surface area contributed by atoms with Crippen molar-refractivity contribution >= 4 is 5.91 Å². The minimum atomic E-state index is -0.106. The van der Waals surface area contributed by atoms with Crippen molar-refractivity contribution < 1.29 is 9.90 Å². The predicted octanol–water partition coefficient (Wildman–Crippen LogP) is 0.137. The Morgan fingerprint density at radius 2 is 2.41 bits per heavy atom. The summed E-state index contributed by atoms with van der Waals surface area (Å²) in [4.78, 5) is 17.9. The molecule has 1 aliphatic heterocycles. The summed E-state index contributed by atoms with van der Waals surface area (Å²) in [5, 5.41) is 9.18. The Hall–Kier alpha value is -1.46. The highest BCUT2D eigenvalue weighted by atomic mass is 16.3. The topological polar surface area (TPSA) is 79.5 Å². The van der Waals surface area contributed by atoms with Crippen LogP contribution in [0, 0.1) is 0 Å². The van der Waals surface area contributed by atoms with Gasteiger partial charge in [0, 0.05) is 19.3 Å². The predicted molar refractivity (Wildman–Crippen MR) is 63.3 cm³/mol. The van der Waals surface area contributed by atoms with Gasteiger partial charge in [0.2, 0.25) is 0 Å². The van der Waals surface area contributed by atoms with Crippen molar-refractivity contribution in [3.8, 4) is 0 Å². The van der Waals surface area contributed by atoms with Gasteiger partial charge in [-0.1, -0.05) is 6.07 Å². The summed E-state index contributed by atoms with van der Waals surface area (Å²) in [6, 6.07) is 3.44. The molecule has 1 aromatic rings. The largest absolute Gasteiger partial charge is 0.394 e. The quantitative estimate of drug-likeness (QED) is 0.781. The van der Waals surface area contributed by atoms with Crippen molar-refractivity contribution in [1.82, 2.24) is 9.88 Å². The summed E-state index contributed by atoms with van der Waals surface area (Å²) in [7, 11) is 0. The molecule has 92 valence electrons. The monoisotopic (exact) mass is 235 g/mol. The van der Waals surface area contributed by atoms with E-state index in [2.05, 4.69) is 4.98 Å². The number of nitrogens with zero attached hydrogens (tertiary/aromatic N) is 2. The Kier molecular flexibility index (Phi) is 3.71. The minimum Gasteiger partial charge on any atom is -0.394 e. The molecule has 2 rings (SSSR count). The van der Waals surface area contributed by atoms with Gasteiger partial charge in [-0.3, -0.25) is 9.78 Å². The van der Waals surface area contributed by atoms with E-state index in [1.54, 1.807) is 17.2 Å². The number of aliphatic hydroxyl groups is 1. The van der Waals surface area contributed by atoms with Gasteiger partial charge < -0.3 is 15.7 Å². The molecule has 1 aliphatic rings. The second kappa shape index (κ2) is 5.25. The molecular weight excluding hydrogens is 218 g/mol. The Balaban J connectivity index is 2.13. The standard InChI is InChI=1S/C12H17N3O2/c13-6-9-3-4-11(14-7-9)12(17)15-5-1-2-10(15)8-16/h3-4,7,10,16H,1-2,5-6,8,13H2. The van der Waals surface area contributed by atoms with E-state index in [4.69, 9.17) is 5.73 Å². The second-order valence-corrected chi connectivity index (χ2v) is 4.23. The lowest BCUT2D eigenvalue weighted by Crippen LogP contribution is -2.38. The number of rotatable bonds is 3. The van der Waals surface area contributed by atoms with Crippen molar-refractivity contribution in [1.29, 1.82) is 0 Å². The van der Waals surface area contributed by atoms with Crippen molar-refractivity contribution in [3.63, 3.8) is 0 Å². The number of aliphatic hydroxyl groups excluding tert-OH is 1. The Morgan fingerprint density at radius 3 is 3.00 bits per heavy atom. The summed E-state index contributed by atoms with van der Waals surface area (Å²) < 4.78 is 0. The molecule has 1 aromatic heterocycles. The van der Waals surface area contributed by atoms with Crippen LogP contribution in [-0.4, -0.2) is 40.1 Å². The fourth-order valence-electron chi connectivity index (χ4n) is 2.11. The molecule has 0 aromatic carbocycles. The number of aromatic nitrogens is 1. The third-order valence-electron chi connectivity index (χ3n) is 3.13. The summed E-state index contributed by atoms with van der Waals surface area (Å²) >= 11 is 0. The van der Waals surface area contributed by atoms with Crippen LogP contribution in [0.25, 0.3) is 0 Å². The van der Waals surface area contributed by atoms with Gasteiger partial charge in [-0.05, 0) is 24.5 Å². The molecule has 0 spiro atoms. The van der Waals surface area contributed by atoms with E-state index >= 15 is 0 Å². The number of carbonyl (C=O) groups is 1. The van der Waals surface area contributed by atoms with E-state index in [-0.39, 0.29) is 18.6 Å². The Labute approximate surface area is 100 Å². The number of carbonyl (C=O) groups excluding carboxylic acids is 1. The molecule has 2 heterocycles. The smallest absolute Gasteiger partial charge is 0.272 e. The van der Waals surface area contributed by atoms with E-state index in [1.807, 2.05) is 6.07 Å². The molecule has 1 fully saturated rings. The van der Waals surface area contributed by atoms with E-state index in [9.17, 15) is 9.90 Å². The third-order valence-corrected chi connectivity index (χ3v) is 3.13. The van der Waals surface area contributed by atoms with Gasteiger partial charge in [0.05, 0.1) is 12.6 Å². The molecule has 5 nitrogen and oxygen atoms in total. The zero-order valence-electron chi connectivity index (χ0n) is 9.67. The molecule has 0 aliphatic carbocycles. The van der Waals surface area contributed by atoms with Crippen molar-refractivity contribution in [3.05, 3.63) is 29.6 Å². The van der Waals surface area contributed by atoms with Crippen LogP contribution in [0.5, 0.6) is 0 Å². The fraction of sp³-hybridized carbons (Fsp3) is 0.500. The van der Waals surface area contributed by atoms with Gasteiger partial charge in [0.1, 0.15) is 5.69 Å². The van der Waals surface area contributed by atoms with E-state index in [1.165, 1.54) is 0 Å².